The number of fused-ring (bicyclic) bond motifs is 10. The van der Waals surface area contributed by atoms with Crippen molar-refractivity contribution in [1.82, 2.24) is 24.1 Å². The Balaban J connectivity index is 1.15. The van der Waals surface area contributed by atoms with Crippen LogP contribution < -0.4 is 0 Å². The number of nitrogens with zero attached hydrogens (tertiary/aromatic N) is 5. The molecular formula is C51H31N5S. The molecule has 0 bridgehead atoms. The second-order valence-corrected chi connectivity index (χ2v) is 15.4. The number of para-hydroxylation sites is 3. The first kappa shape index (κ1) is 31.9. The maximum Gasteiger partial charge on any atom is 0.164 e. The maximum atomic E-state index is 5.11. The predicted molar refractivity (Wildman–Crippen MR) is 238 cm³/mol. The molecule has 0 fully saturated rings. The van der Waals surface area contributed by atoms with Gasteiger partial charge in [0.2, 0.25) is 0 Å². The Morgan fingerprint density at radius 1 is 0.333 bits per heavy atom. The fraction of sp³-hybridized carbons (Fsp3) is 0. The van der Waals surface area contributed by atoms with Gasteiger partial charge in [0.25, 0.3) is 0 Å². The Bertz CT molecular complexity index is 3400. The molecule has 57 heavy (non-hydrogen) atoms. The van der Waals surface area contributed by atoms with Crippen LogP contribution in [-0.4, -0.2) is 24.1 Å². The van der Waals surface area contributed by atoms with Crippen LogP contribution in [0.5, 0.6) is 0 Å². The Kier molecular flexibility index (Phi) is 7.03. The monoisotopic (exact) mass is 745 g/mol. The highest BCUT2D eigenvalue weighted by Gasteiger charge is 2.22. The van der Waals surface area contributed by atoms with Crippen LogP contribution in [0, 0.1) is 0 Å². The molecule has 0 amide bonds. The summed E-state index contributed by atoms with van der Waals surface area (Å²) in [5.41, 5.74) is 9.87. The first-order valence-electron chi connectivity index (χ1n) is 19.1. The van der Waals surface area contributed by atoms with E-state index >= 15 is 0 Å². The SMILES string of the molecule is c1ccc(-c2nc(-c3ccccc3)nc(-c3ccc4c(c3)c3c5sc6c(-n7c8ccccc8c8ccccc87)cccc6c5ccc3n4-c3ccccc3)n2)cc1. The first-order chi connectivity index (χ1) is 28.3. The average molecular weight is 746 g/mol. The van der Waals surface area contributed by atoms with Crippen molar-refractivity contribution in [3.63, 3.8) is 0 Å². The van der Waals surface area contributed by atoms with Gasteiger partial charge in [-0.25, -0.2) is 15.0 Å². The van der Waals surface area contributed by atoms with Crippen LogP contribution in [0.3, 0.4) is 0 Å². The van der Waals surface area contributed by atoms with E-state index in [4.69, 9.17) is 15.0 Å². The number of thiophene rings is 1. The molecule has 12 aromatic rings. The van der Waals surface area contributed by atoms with E-state index in [0.29, 0.717) is 17.5 Å². The lowest BCUT2D eigenvalue weighted by Crippen LogP contribution is -2.00. The average Bonchev–Trinajstić information content (AvgIpc) is 3.95. The number of aromatic nitrogens is 5. The second-order valence-electron chi connectivity index (χ2n) is 14.4. The summed E-state index contributed by atoms with van der Waals surface area (Å²) >= 11 is 1.88. The molecule has 4 aromatic heterocycles. The van der Waals surface area contributed by atoms with Crippen LogP contribution in [0.15, 0.2) is 188 Å². The lowest BCUT2D eigenvalue weighted by molar-refractivity contribution is 1.07. The summed E-state index contributed by atoms with van der Waals surface area (Å²) in [6, 6.07) is 66.5. The highest BCUT2D eigenvalue weighted by molar-refractivity contribution is 7.27. The zero-order valence-corrected chi connectivity index (χ0v) is 31.4. The molecular weight excluding hydrogens is 715 g/mol. The number of benzene rings is 8. The number of hydrogen-bond acceptors (Lipinski definition) is 4. The lowest BCUT2D eigenvalue weighted by Gasteiger charge is -2.09. The number of rotatable bonds is 5. The van der Waals surface area contributed by atoms with E-state index in [2.05, 4.69) is 161 Å². The van der Waals surface area contributed by atoms with Crippen molar-refractivity contribution in [2.24, 2.45) is 0 Å². The van der Waals surface area contributed by atoms with E-state index in [-0.39, 0.29) is 0 Å². The van der Waals surface area contributed by atoms with E-state index in [9.17, 15) is 0 Å². The largest absolute Gasteiger partial charge is 0.309 e. The Morgan fingerprint density at radius 2 is 0.842 bits per heavy atom. The summed E-state index contributed by atoms with van der Waals surface area (Å²) in [7, 11) is 0. The van der Waals surface area contributed by atoms with E-state index < -0.39 is 0 Å². The van der Waals surface area contributed by atoms with Crippen molar-refractivity contribution in [2.45, 2.75) is 0 Å². The lowest BCUT2D eigenvalue weighted by atomic mass is 10.1. The van der Waals surface area contributed by atoms with Crippen LogP contribution in [-0.2, 0) is 0 Å². The summed E-state index contributed by atoms with van der Waals surface area (Å²) in [4.78, 5) is 15.2. The molecule has 266 valence electrons. The Labute approximate surface area is 331 Å². The van der Waals surface area contributed by atoms with Gasteiger partial charge in [-0.05, 0) is 54.6 Å². The molecule has 0 aliphatic rings. The van der Waals surface area contributed by atoms with Gasteiger partial charge in [-0.3, -0.25) is 0 Å². The Hall–Kier alpha value is -7.41. The van der Waals surface area contributed by atoms with Gasteiger partial charge >= 0.3 is 0 Å². The molecule has 12 rings (SSSR count). The fourth-order valence-electron chi connectivity index (χ4n) is 8.63. The van der Waals surface area contributed by atoms with E-state index in [1.807, 2.05) is 47.7 Å². The zero-order chi connectivity index (χ0) is 37.5. The summed E-state index contributed by atoms with van der Waals surface area (Å²) in [6.07, 6.45) is 0. The minimum atomic E-state index is 0.641. The molecule has 0 atom stereocenters. The van der Waals surface area contributed by atoms with Gasteiger partial charge in [0.1, 0.15) is 0 Å². The van der Waals surface area contributed by atoms with Gasteiger partial charge in [0.05, 0.1) is 32.5 Å². The molecule has 8 aromatic carbocycles. The molecule has 0 saturated heterocycles. The molecule has 4 heterocycles. The second kappa shape index (κ2) is 12.6. The molecule has 0 radical (unpaired) electrons. The highest BCUT2D eigenvalue weighted by Crippen LogP contribution is 2.46. The van der Waals surface area contributed by atoms with Crippen molar-refractivity contribution in [3.8, 4) is 45.5 Å². The van der Waals surface area contributed by atoms with E-state index in [1.54, 1.807) is 0 Å². The maximum absolute atomic E-state index is 5.11. The van der Waals surface area contributed by atoms with Crippen molar-refractivity contribution in [2.75, 3.05) is 0 Å². The van der Waals surface area contributed by atoms with Crippen LogP contribution in [0.4, 0.5) is 0 Å². The van der Waals surface area contributed by atoms with Gasteiger partial charge in [-0.15, -0.1) is 11.3 Å². The minimum Gasteiger partial charge on any atom is -0.309 e. The minimum absolute atomic E-state index is 0.641. The van der Waals surface area contributed by atoms with Crippen LogP contribution in [0.25, 0.3) is 109 Å². The van der Waals surface area contributed by atoms with E-state index in [1.165, 1.54) is 53.1 Å². The molecule has 0 N–H and O–H groups in total. The van der Waals surface area contributed by atoms with Crippen molar-refractivity contribution in [1.29, 1.82) is 0 Å². The molecule has 0 unspecified atom stereocenters. The molecule has 5 nitrogen and oxygen atoms in total. The highest BCUT2D eigenvalue weighted by atomic mass is 32.1. The van der Waals surface area contributed by atoms with Crippen LogP contribution >= 0.6 is 11.3 Å². The van der Waals surface area contributed by atoms with Crippen LogP contribution in [0.2, 0.25) is 0 Å². The van der Waals surface area contributed by atoms with Crippen molar-refractivity contribution >= 4 is 75.1 Å². The smallest absolute Gasteiger partial charge is 0.164 e. The van der Waals surface area contributed by atoms with Gasteiger partial charge in [0, 0.05) is 59.4 Å². The number of hydrogen-bond donors (Lipinski definition) is 0. The van der Waals surface area contributed by atoms with Crippen molar-refractivity contribution < 1.29 is 0 Å². The summed E-state index contributed by atoms with van der Waals surface area (Å²) in [5, 5.41) is 7.41. The Morgan fingerprint density at radius 3 is 1.49 bits per heavy atom. The topological polar surface area (TPSA) is 48.5 Å². The third-order valence-corrected chi connectivity index (χ3v) is 12.4. The quantitative estimate of drug-likeness (QED) is 0.176. The standard InChI is InChI=1S/C51H31N5S/c1-4-15-32(16-5-1)49-52-50(33-17-6-2-7-18-33)54-51(53-49)34-27-29-43-40(31-34)46-44(55(43)35-19-8-3-9-20-35)30-28-39-38-23-14-26-45(47(38)57-48(39)46)56-41-24-12-10-21-36(41)37-22-11-13-25-42(37)56/h1-31H. The van der Waals surface area contributed by atoms with E-state index in [0.717, 1.165) is 38.8 Å². The van der Waals surface area contributed by atoms with Crippen LogP contribution in [0.1, 0.15) is 0 Å². The molecule has 0 aliphatic carbocycles. The van der Waals surface area contributed by atoms with Gasteiger partial charge in [-0.2, -0.15) is 0 Å². The van der Waals surface area contributed by atoms with Gasteiger partial charge in [-0.1, -0.05) is 133 Å². The summed E-state index contributed by atoms with van der Waals surface area (Å²) in [5.74, 6) is 1.94. The fourth-order valence-corrected chi connectivity index (χ4v) is 9.99. The summed E-state index contributed by atoms with van der Waals surface area (Å²) < 4.78 is 7.36. The van der Waals surface area contributed by atoms with Gasteiger partial charge in [0.15, 0.2) is 17.5 Å². The third-order valence-electron chi connectivity index (χ3n) is 11.2. The van der Waals surface area contributed by atoms with Crippen molar-refractivity contribution in [3.05, 3.63) is 188 Å². The molecule has 6 heteroatoms. The summed E-state index contributed by atoms with van der Waals surface area (Å²) in [6.45, 7) is 0. The normalized spacial score (nSPS) is 11.9. The first-order valence-corrected chi connectivity index (χ1v) is 19.9. The van der Waals surface area contributed by atoms with Gasteiger partial charge < -0.3 is 9.13 Å². The predicted octanol–water partition coefficient (Wildman–Crippen LogP) is 13.4. The zero-order valence-electron chi connectivity index (χ0n) is 30.5. The third kappa shape index (κ3) is 4.91. The molecule has 0 saturated carbocycles. The molecule has 0 aliphatic heterocycles. The molecule has 0 spiro atoms.